The van der Waals surface area contributed by atoms with Gasteiger partial charge in [0.05, 0.1) is 6.42 Å². The molecule has 3 atom stereocenters. The standard InChI is InChI=1S/C19H21FN2O5/c20-10-16(23)14(9-17(24)25)21-18(26)15-7-3-5-12-8-11-4-1-2-6-13(11)19(27)22(12)15/h1-2,4,6,12,14-15H,3,5,7-10H2,(H,21,26)(H,24,25). The smallest absolute Gasteiger partial charge is 0.305 e. The lowest BCUT2D eigenvalue weighted by molar-refractivity contribution is -0.141. The number of hydrogen-bond donors (Lipinski definition) is 2. The van der Waals surface area contributed by atoms with Gasteiger partial charge in [-0.3, -0.25) is 19.2 Å². The lowest BCUT2D eigenvalue weighted by atomic mass is 9.84. The van der Waals surface area contributed by atoms with Gasteiger partial charge in [-0.1, -0.05) is 18.2 Å². The second-order valence-electron chi connectivity index (χ2n) is 6.93. The van der Waals surface area contributed by atoms with Crippen LogP contribution in [0.4, 0.5) is 4.39 Å². The fourth-order valence-corrected chi connectivity index (χ4v) is 3.93. The van der Waals surface area contributed by atoms with Crippen molar-refractivity contribution < 1.29 is 28.7 Å². The van der Waals surface area contributed by atoms with Crippen LogP contribution in [-0.2, 0) is 20.8 Å². The molecule has 2 amide bonds. The van der Waals surface area contributed by atoms with E-state index in [9.17, 15) is 23.6 Å². The van der Waals surface area contributed by atoms with E-state index in [-0.39, 0.29) is 11.9 Å². The summed E-state index contributed by atoms with van der Waals surface area (Å²) in [7, 11) is 0. The van der Waals surface area contributed by atoms with Gasteiger partial charge < -0.3 is 15.3 Å². The Labute approximate surface area is 155 Å². The van der Waals surface area contributed by atoms with E-state index in [4.69, 9.17) is 5.11 Å². The summed E-state index contributed by atoms with van der Waals surface area (Å²) in [6.45, 7) is -1.36. The Morgan fingerprint density at radius 2 is 2.00 bits per heavy atom. The van der Waals surface area contributed by atoms with E-state index in [2.05, 4.69) is 5.32 Å². The quantitative estimate of drug-likeness (QED) is 0.774. The van der Waals surface area contributed by atoms with Gasteiger partial charge in [-0.25, -0.2) is 4.39 Å². The molecule has 8 heteroatoms. The SMILES string of the molecule is O=C(O)CC(NC(=O)C1CCCC2Cc3ccccc3C(=O)N21)C(=O)CF. The maximum Gasteiger partial charge on any atom is 0.305 e. The number of nitrogens with zero attached hydrogens (tertiary/aromatic N) is 1. The summed E-state index contributed by atoms with van der Waals surface area (Å²) in [5.41, 5.74) is 1.50. The highest BCUT2D eigenvalue weighted by Crippen LogP contribution is 2.32. The number of halogens is 1. The largest absolute Gasteiger partial charge is 0.481 e. The highest BCUT2D eigenvalue weighted by atomic mass is 19.1. The number of fused-ring (bicyclic) bond motifs is 2. The summed E-state index contributed by atoms with van der Waals surface area (Å²) in [6.07, 6.45) is 1.87. The number of hydrogen-bond acceptors (Lipinski definition) is 4. The number of rotatable bonds is 6. The van der Waals surface area contributed by atoms with E-state index < -0.39 is 42.8 Å². The van der Waals surface area contributed by atoms with Crippen LogP contribution < -0.4 is 5.32 Å². The Morgan fingerprint density at radius 1 is 1.26 bits per heavy atom. The molecule has 3 rings (SSSR count). The number of alkyl halides is 1. The average Bonchev–Trinajstić information content (AvgIpc) is 2.66. The predicted octanol–water partition coefficient (Wildman–Crippen LogP) is 1.10. The number of carbonyl (C=O) groups is 4. The Balaban J connectivity index is 1.81. The zero-order valence-electron chi connectivity index (χ0n) is 14.7. The molecule has 2 aliphatic rings. The fourth-order valence-electron chi connectivity index (χ4n) is 3.93. The molecule has 1 fully saturated rings. The molecule has 0 aromatic heterocycles. The van der Waals surface area contributed by atoms with Crippen molar-refractivity contribution in [2.45, 2.75) is 50.2 Å². The van der Waals surface area contributed by atoms with Gasteiger partial charge in [0.15, 0.2) is 5.78 Å². The molecule has 1 aromatic rings. The second kappa shape index (κ2) is 7.85. The van der Waals surface area contributed by atoms with Gasteiger partial charge >= 0.3 is 5.97 Å². The number of nitrogens with one attached hydrogen (secondary N) is 1. The van der Waals surface area contributed by atoms with Crippen molar-refractivity contribution in [3.63, 3.8) is 0 Å². The minimum absolute atomic E-state index is 0.119. The van der Waals surface area contributed by atoms with Gasteiger partial charge in [0.1, 0.15) is 18.8 Å². The molecule has 0 spiro atoms. The van der Waals surface area contributed by atoms with Gasteiger partial charge in [-0.2, -0.15) is 0 Å². The third-order valence-electron chi connectivity index (χ3n) is 5.20. The summed E-state index contributed by atoms with van der Waals surface area (Å²) in [5, 5.41) is 11.2. The van der Waals surface area contributed by atoms with Crippen molar-refractivity contribution >= 4 is 23.6 Å². The number of piperidine rings is 1. The first-order valence-corrected chi connectivity index (χ1v) is 8.93. The number of carbonyl (C=O) groups excluding carboxylic acids is 3. The van der Waals surface area contributed by atoms with E-state index in [0.29, 0.717) is 18.4 Å². The van der Waals surface area contributed by atoms with E-state index in [1.165, 1.54) is 0 Å². The van der Waals surface area contributed by atoms with Gasteiger partial charge in [0, 0.05) is 11.6 Å². The number of carboxylic acids is 1. The highest BCUT2D eigenvalue weighted by molar-refractivity contribution is 6.01. The molecule has 27 heavy (non-hydrogen) atoms. The zero-order chi connectivity index (χ0) is 19.6. The summed E-state index contributed by atoms with van der Waals surface area (Å²) in [6, 6.07) is 4.90. The van der Waals surface area contributed by atoms with Crippen LogP contribution in [0.15, 0.2) is 24.3 Å². The van der Waals surface area contributed by atoms with Gasteiger partial charge in [0.2, 0.25) is 5.91 Å². The lowest BCUT2D eigenvalue weighted by Crippen LogP contribution is -2.60. The van der Waals surface area contributed by atoms with Gasteiger partial charge in [0.25, 0.3) is 5.91 Å². The van der Waals surface area contributed by atoms with Crippen molar-refractivity contribution in [2.24, 2.45) is 0 Å². The topological polar surface area (TPSA) is 104 Å². The van der Waals surface area contributed by atoms with E-state index >= 15 is 0 Å². The molecular formula is C19H21FN2O5. The molecule has 0 aliphatic carbocycles. The Hall–Kier alpha value is -2.77. The van der Waals surface area contributed by atoms with Crippen LogP contribution in [0, 0.1) is 0 Å². The third kappa shape index (κ3) is 3.84. The Bertz CT molecular complexity index is 781. The summed E-state index contributed by atoms with van der Waals surface area (Å²) in [4.78, 5) is 49.8. The first kappa shape index (κ1) is 19.0. The number of ketones is 1. The minimum atomic E-state index is -1.44. The van der Waals surface area contributed by atoms with Crippen LogP contribution in [0.1, 0.15) is 41.6 Å². The number of Topliss-reactive ketones (excluding diaryl/α,β-unsaturated/α-hetero) is 1. The molecule has 0 radical (unpaired) electrons. The zero-order valence-corrected chi connectivity index (χ0v) is 14.7. The van der Waals surface area contributed by atoms with Crippen LogP contribution in [-0.4, -0.2) is 58.4 Å². The minimum Gasteiger partial charge on any atom is -0.481 e. The molecule has 7 nitrogen and oxygen atoms in total. The second-order valence-corrected chi connectivity index (χ2v) is 6.93. The molecule has 1 aromatic carbocycles. The van der Waals surface area contributed by atoms with E-state index in [0.717, 1.165) is 18.4 Å². The van der Waals surface area contributed by atoms with Crippen LogP contribution in [0.25, 0.3) is 0 Å². The molecule has 2 aliphatic heterocycles. The third-order valence-corrected chi connectivity index (χ3v) is 5.20. The number of amides is 2. The summed E-state index contributed by atoms with van der Waals surface area (Å²) >= 11 is 0. The van der Waals surface area contributed by atoms with Crippen molar-refractivity contribution in [3.05, 3.63) is 35.4 Å². The molecule has 144 valence electrons. The molecule has 1 saturated heterocycles. The molecular weight excluding hydrogens is 355 g/mol. The maximum absolute atomic E-state index is 12.9. The van der Waals surface area contributed by atoms with Crippen LogP contribution in [0.5, 0.6) is 0 Å². The predicted molar refractivity (Wildman–Crippen MR) is 92.9 cm³/mol. The fraction of sp³-hybridized carbons (Fsp3) is 0.474. The van der Waals surface area contributed by atoms with Crippen LogP contribution >= 0.6 is 0 Å². The van der Waals surface area contributed by atoms with Crippen molar-refractivity contribution in [3.8, 4) is 0 Å². The first-order chi connectivity index (χ1) is 12.9. The van der Waals surface area contributed by atoms with Crippen molar-refractivity contribution in [2.75, 3.05) is 6.67 Å². The molecule has 0 bridgehead atoms. The van der Waals surface area contributed by atoms with Crippen LogP contribution in [0.2, 0.25) is 0 Å². The maximum atomic E-state index is 12.9. The summed E-state index contributed by atoms with van der Waals surface area (Å²) in [5.74, 6) is -3.16. The Kier molecular flexibility index (Phi) is 5.53. The van der Waals surface area contributed by atoms with E-state index in [1.54, 1.807) is 17.0 Å². The first-order valence-electron chi connectivity index (χ1n) is 8.93. The molecule has 2 heterocycles. The normalized spacial score (nSPS) is 22.4. The van der Waals surface area contributed by atoms with Crippen molar-refractivity contribution in [1.82, 2.24) is 10.2 Å². The lowest BCUT2D eigenvalue weighted by Gasteiger charge is -2.44. The van der Waals surface area contributed by atoms with Crippen LogP contribution in [0.3, 0.4) is 0 Å². The van der Waals surface area contributed by atoms with Gasteiger partial charge in [-0.05, 0) is 37.3 Å². The number of carboxylic acid groups (broad SMARTS) is 1. The molecule has 2 N–H and O–H groups in total. The molecule has 3 unspecified atom stereocenters. The Morgan fingerprint density at radius 3 is 2.70 bits per heavy atom. The summed E-state index contributed by atoms with van der Waals surface area (Å²) < 4.78 is 12.7. The van der Waals surface area contributed by atoms with E-state index in [1.807, 2.05) is 12.1 Å². The number of aliphatic carboxylic acids is 1. The monoisotopic (exact) mass is 376 g/mol. The average molecular weight is 376 g/mol. The highest BCUT2D eigenvalue weighted by Gasteiger charge is 2.42. The number of benzene rings is 1. The molecule has 0 saturated carbocycles. The van der Waals surface area contributed by atoms with Gasteiger partial charge in [-0.15, -0.1) is 0 Å². The van der Waals surface area contributed by atoms with Crippen molar-refractivity contribution in [1.29, 1.82) is 0 Å².